The molecule has 3 nitrogen and oxygen atoms in total. The van der Waals surface area contributed by atoms with Gasteiger partial charge in [-0.2, -0.15) is 5.10 Å². The van der Waals surface area contributed by atoms with E-state index in [4.69, 9.17) is 11.6 Å². The smallest absolute Gasteiger partial charge is 0.245 e. The second-order valence-corrected chi connectivity index (χ2v) is 3.04. The van der Waals surface area contributed by atoms with E-state index in [9.17, 15) is 4.79 Å². The van der Waals surface area contributed by atoms with Gasteiger partial charge in [-0.15, -0.1) is 12.4 Å². The van der Waals surface area contributed by atoms with Gasteiger partial charge in [0.1, 0.15) is 0 Å². The predicted molar refractivity (Wildman–Crippen MR) is 59.8 cm³/mol. The highest BCUT2D eigenvalue weighted by Gasteiger charge is 1.99. The summed E-state index contributed by atoms with van der Waals surface area (Å²) >= 11 is 5.17. The predicted octanol–water partition coefficient (Wildman–Crippen LogP) is 2.41. The second-order valence-electron chi connectivity index (χ2n) is 2.66. The second kappa shape index (κ2) is 5.83. The van der Waals surface area contributed by atoms with E-state index in [0.29, 0.717) is 0 Å². The Morgan fingerprint density at radius 1 is 1.71 bits per heavy atom. The lowest BCUT2D eigenvalue weighted by Gasteiger charge is -1.89. The van der Waals surface area contributed by atoms with Gasteiger partial charge < -0.3 is 0 Å². The molecule has 1 rings (SSSR count). The van der Waals surface area contributed by atoms with Crippen molar-refractivity contribution in [3.05, 3.63) is 23.5 Å². The first-order valence-corrected chi connectivity index (χ1v) is 4.43. The molecule has 0 aliphatic carbocycles. The third kappa shape index (κ3) is 3.52. The molecule has 78 valence electrons. The molecular weight excluding hydrogens is 223 g/mol. The monoisotopic (exact) mass is 234 g/mol. The van der Waals surface area contributed by atoms with Gasteiger partial charge in [0.2, 0.25) is 5.24 Å². The fourth-order valence-electron chi connectivity index (χ4n) is 1.01. The molecule has 0 aromatic carbocycles. The van der Waals surface area contributed by atoms with E-state index >= 15 is 0 Å². The summed E-state index contributed by atoms with van der Waals surface area (Å²) in [6.45, 7) is 4.72. The normalized spacial score (nSPS) is 10.2. The first-order chi connectivity index (χ1) is 6.13. The van der Waals surface area contributed by atoms with Gasteiger partial charge in [-0.05, 0) is 37.6 Å². The van der Waals surface area contributed by atoms with Crippen LogP contribution in [0.5, 0.6) is 0 Å². The maximum atomic E-state index is 10.5. The van der Waals surface area contributed by atoms with Gasteiger partial charge in [0.15, 0.2) is 0 Å². The van der Waals surface area contributed by atoms with Crippen LogP contribution < -0.4 is 0 Å². The van der Waals surface area contributed by atoms with Gasteiger partial charge in [0.25, 0.3) is 0 Å². The van der Waals surface area contributed by atoms with E-state index in [0.717, 1.165) is 17.8 Å². The van der Waals surface area contributed by atoms with Crippen LogP contribution in [0.4, 0.5) is 0 Å². The quantitative estimate of drug-likeness (QED) is 0.595. The third-order valence-corrected chi connectivity index (χ3v) is 1.83. The fourth-order valence-corrected chi connectivity index (χ4v) is 1.08. The summed E-state index contributed by atoms with van der Waals surface area (Å²) in [4.78, 5) is 10.5. The van der Waals surface area contributed by atoms with Gasteiger partial charge in [0, 0.05) is 18.3 Å². The van der Waals surface area contributed by atoms with Crippen LogP contribution >= 0.6 is 24.0 Å². The molecule has 0 radical (unpaired) electrons. The minimum Gasteiger partial charge on any atom is -0.276 e. The van der Waals surface area contributed by atoms with Crippen molar-refractivity contribution >= 4 is 35.3 Å². The molecule has 1 aromatic rings. The number of halogens is 2. The lowest BCUT2D eigenvalue weighted by atomic mass is 10.2. The van der Waals surface area contributed by atoms with E-state index in [1.165, 1.54) is 6.08 Å². The molecule has 1 heterocycles. The Bertz CT molecular complexity index is 345. The van der Waals surface area contributed by atoms with E-state index in [1.54, 1.807) is 6.08 Å². The van der Waals surface area contributed by atoms with Crippen molar-refractivity contribution in [3.63, 3.8) is 0 Å². The Labute approximate surface area is 94.2 Å². The summed E-state index contributed by atoms with van der Waals surface area (Å²) in [5, 5.41) is 3.75. The SMILES string of the molecule is CCn1cc(C=CC(=O)Cl)c(C)n1.Cl. The Kier molecular flexibility index (Phi) is 5.50. The Morgan fingerprint density at radius 2 is 2.36 bits per heavy atom. The van der Waals surface area contributed by atoms with Gasteiger partial charge in [-0.3, -0.25) is 9.48 Å². The zero-order valence-electron chi connectivity index (χ0n) is 8.03. The van der Waals surface area contributed by atoms with Crippen LogP contribution in [0.3, 0.4) is 0 Å². The molecule has 1 aromatic heterocycles. The van der Waals surface area contributed by atoms with Crippen molar-refractivity contribution in [2.75, 3.05) is 0 Å². The minimum absolute atomic E-state index is 0. The summed E-state index contributed by atoms with van der Waals surface area (Å²) in [6.07, 6.45) is 4.88. The van der Waals surface area contributed by atoms with Crippen LogP contribution in [0.1, 0.15) is 18.2 Å². The number of nitrogens with zero attached hydrogens (tertiary/aromatic N) is 2. The molecule has 5 heteroatoms. The average molecular weight is 235 g/mol. The molecule has 0 saturated carbocycles. The minimum atomic E-state index is -0.469. The largest absolute Gasteiger partial charge is 0.276 e. The number of aromatic nitrogens is 2. The zero-order valence-corrected chi connectivity index (χ0v) is 9.60. The van der Waals surface area contributed by atoms with Crippen LogP contribution in [-0.4, -0.2) is 15.0 Å². The average Bonchev–Trinajstić information content (AvgIpc) is 2.43. The molecule has 14 heavy (non-hydrogen) atoms. The summed E-state index contributed by atoms with van der Waals surface area (Å²) in [5.41, 5.74) is 1.83. The number of carbonyl (C=O) groups is 1. The lowest BCUT2D eigenvalue weighted by Crippen LogP contribution is -1.93. The molecule has 0 fully saturated rings. The third-order valence-electron chi connectivity index (χ3n) is 1.70. The molecule has 0 saturated heterocycles. The first-order valence-electron chi connectivity index (χ1n) is 4.05. The van der Waals surface area contributed by atoms with Gasteiger partial charge in [0.05, 0.1) is 5.69 Å². The number of carbonyl (C=O) groups excluding carboxylic acids is 1. The molecule has 0 aliphatic heterocycles. The topological polar surface area (TPSA) is 34.9 Å². The van der Waals surface area contributed by atoms with E-state index in [1.807, 2.05) is 24.7 Å². The maximum Gasteiger partial charge on any atom is 0.245 e. The molecule has 0 bridgehead atoms. The Morgan fingerprint density at radius 3 is 2.79 bits per heavy atom. The summed E-state index contributed by atoms with van der Waals surface area (Å²) in [6, 6.07) is 0. The van der Waals surface area contributed by atoms with Crippen molar-refractivity contribution in [1.82, 2.24) is 9.78 Å². The zero-order chi connectivity index (χ0) is 9.84. The molecule has 0 N–H and O–H groups in total. The van der Waals surface area contributed by atoms with Crippen molar-refractivity contribution in [2.45, 2.75) is 20.4 Å². The van der Waals surface area contributed by atoms with E-state index in [-0.39, 0.29) is 12.4 Å². The van der Waals surface area contributed by atoms with Crippen LogP contribution in [0.15, 0.2) is 12.3 Å². The Hall–Kier alpha value is -0.800. The lowest BCUT2D eigenvalue weighted by molar-refractivity contribution is -0.107. The van der Waals surface area contributed by atoms with Crippen LogP contribution in [0.25, 0.3) is 6.08 Å². The highest BCUT2D eigenvalue weighted by molar-refractivity contribution is 6.66. The van der Waals surface area contributed by atoms with Crippen LogP contribution in [0.2, 0.25) is 0 Å². The summed E-state index contributed by atoms with van der Waals surface area (Å²) < 4.78 is 1.81. The Balaban J connectivity index is 0.00000169. The number of rotatable bonds is 3. The number of hydrogen-bond donors (Lipinski definition) is 0. The van der Waals surface area contributed by atoms with Crippen molar-refractivity contribution < 1.29 is 4.79 Å². The molecule has 0 unspecified atom stereocenters. The molecule has 0 spiro atoms. The maximum absolute atomic E-state index is 10.5. The number of aryl methyl sites for hydroxylation is 2. The standard InChI is InChI=1S/C9H11ClN2O.ClH/c1-3-12-6-8(7(2)11-12)4-5-9(10)13;/h4-6H,3H2,1-2H3;1H. The highest BCUT2D eigenvalue weighted by atomic mass is 35.5. The number of hydrogen-bond acceptors (Lipinski definition) is 2. The van der Waals surface area contributed by atoms with Gasteiger partial charge in [-0.25, -0.2) is 0 Å². The first kappa shape index (κ1) is 13.2. The molecule has 0 amide bonds. The van der Waals surface area contributed by atoms with Crippen molar-refractivity contribution in [1.29, 1.82) is 0 Å². The molecule has 0 aliphatic rings. The highest BCUT2D eigenvalue weighted by Crippen LogP contribution is 2.07. The summed E-state index contributed by atoms with van der Waals surface area (Å²) in [7, 11) is 0. The van der Waals surface area contributed by atoms with Crippen LogP contribution in [0, 0.1) is 6.92 Å². The van der Waals surface area contributed by atoms with Gasteiger partial charge in [-0.1, -0.05) is 0 Å². The van der Waals surface area contributed by atoms with E-state index in [2.05, 4.69) is 5.10 Å². The van der Waals surface area contributed by atoms with Gasteiger partial charge >= 0.3 is 0 Å². The number of allylic oxidation sites excluding steroid dienone is 1. The molecular formula is C9H12Cl2N2O. The van der Waals surface area contributed by atoms with E-state index < -0.39 is 5.24 Å². The van der Waals surface area contributed by atoms with Crippen molar-refractivity contribution in [3.8, 4) is 0 Å². The fraction of sp³-hybridized carbons (Fsp3) is 0.333. The van der Waals surface area contributed by atoms with Crippen LogP contribution in [-0.2, 0) is 11.3 Å². The summed E-state index contributed by atoms with van der Waals surface area (Å²) in [5.74, 6) is 0. The van der Waals surface area contributed by atoms with Crippen molar-refractivity contribution in [2.24, 2.45) is 0 Å². The molecule has 0 atom stereocenters.